The quantitative estimate of drug-likeness (QED) is 0.292. The first-order chi connectivity index (χ1) is 9.90. The molecule has 1 aliphatic rings. The molecule has 132 valence electrons. The zero-order chi connectivity index (χ0) is 15.7. The van der Waals surface area contributed by atoms with Gasteiger partial charge in [-0.1, -0.05) is 0 Å². The van der Waals surface area contributed by atoms with Crippen LogP contribution in [0.1, 0.15) is 26.2 Å². The van der Waals surface area contributed by atoms with E-state index in [1.165, 1.54) is 12.8 Å². The molecule has 1 unspecified atom stereocenters. The fourth-order valence-electron chi connectivity index (χ4n) is 1.57. The Balaban J connectivity index is 0.00000441. The molecule has 1 rings (SSSR count). The van der Waals surface area contributed by atoms with Crippen LogP contribution in [-0.2, 0) is 4.74 Å². The summed E-state index contributed by atoms with van der Waals surface area (Å²) in [6.45, 7) is 3.05. The summed E-state index contributed by atoms with van der Waals surface area (Å²) in [7, 11) is 0. The van der Waals surface area contributed by atoms with Gasteiger partial charge in [0.2, 0.25) is 0 Å². The third-order valence-electron chi connectivity index (χ3n) is 2.87. The van der Waals surface area contributed by atoms with Crippen molar-refractivity contribution in [1.82, 2.24) is 10.6 Å². The number of ether oxygens (including phenoxy) is 1. The van der Waals surface area contributed by atoms with E-state index in [0.717, 1.165) is 0 Å². The van der Waals surface area contributed by atoms with Crippen molar-refractivity contribution in [2.75, 3.05) is 32.8 Å². The summed E-state index contributed by atoms with van der Waals surface area (Å²) in [5, 5.41) is 15.1. The van der Waals surface area contributed by atoms with E-state index in [9.17, 15) is 18.3 Å². The van der Waals surface area contributed by atoms with Gasteiger partial charge < -0.3 is 20.5 Å². The molecular weight excluding hydrogens is 414 g/mol. The zero-order valence-corrected chi connectivity index (χ0v) is 15.0. The normalized spacial score (nSPS) is 16.9. The van der Waals surface area contributed by atoms with Crippen molar-refractivity contribution in [2.45, 2.75) is 38.5 Å². The van der Waals surface area contributed by atoms with Gasteiger partial charge in [0, 0.05) is 19.7 Å². The lowest BCUT2D eigenvalue weighted by molar-refractivity contribution is -0.132. The molecule has 22 heavy (non-hydrogen) atoms. The Morgan fingerprint density at radius 3 is 2.59 bits per heavy atom. The molecule has 1 atom stereocenters. The second-order valence-electron chi connectivity index (χ2n) is 5.15. The molecule has 9 heteroatoms. The number of nitrogens with zero attached hydrogens (tertiary/aromatic N) is 1. The van der Waals surface area contributed by atoms with E-state index in [4.69, 9.17) is 4.74 Å². The Labute approximate surface area is 146 Å². The highest BCUT2D eigenvalue weighted by Crippen LogP contribution is 2.28. The van der Waals surface area contributed by atoms with Crippen LogP contribution in [0.2, 0.25) is 0 Å². The van der Waals surface area contributed by atoms with Gasteiger partial charge in [-0.05, 0) is 25.7 Å². The second-order valence-corrected chi connectivity index (χ2v) is 5.15. The lowest BCUT2D eigenvalue weighted by Crippen LogP contribution is -2.39. The monoisotopic (exact) mass is 439 g/mol. The second kappa shape index (κ2) is 11.3. The first-order valence-electron chi connectivity index (χ1n) is 7.25. The van der Waals surface area contributed by atoms with Crippen LogP contribution in [0.5, 0.6) is 0 Å². The first-order valence-corrected chi connectivity index (χ1v) is 7.25. The maximum Gasteiger partial charge on any atom is 0.390 e. The minimum Gasteiger partial charge on any atom is -0.389 e. The Hall–Kier alpha value is -0.290. The van der Waals surface area contributed by atoms with E-state index >= 15 is 0 Å². The SMILES string of the molecule is CCNC(=NCC(O)COCC1CC1)NCCC(F)(F)F.I. The highest BCUT2D eigenvalue weighted by atomic mass is 127. The molecule has 5 nitrogen and oxygen atoms in total. The van der Waals surface area contributed by atoms with Crippen LogP contribution >= 0.6 is 24.0 Å². The van der Waals surface area contributed by atoms with Crippen molar-refractivity contribution in [3.8, 4) is 0 Å². The maximum atomic E-state index is 12.1. The number of rotatable bonds is 9. The molecular formula is C13H25F3IN3O2. The molecule has 0 spiro atoms. The van der Waals surface area contributed by atoms with Gasteiger partial charge in [0.15, 0.2) is 5.96 Å². The smallest absolute Gasteiger partial charge is 0.389 e. The van der Waals surface area contributed by atoms with E-state index in [1.807, 2.05) is 6.92 Å². The molecule has 0 bridgehead atoms. The molecule has 0 radical (unpaired) electrons. The number of alkyl halides is 3. The number of halogens is 4. The molecule has 3 N–H and O–H groups in total. The van der Waals surface area contributed by atoms with Crippen molar-refractivity contribution < 1.29 is 23.0 Å². The standard InChI is InChI=1S/C13H24F3N3O2.HI/c1-2-17-12(18-6-5-13(14,15)16)19-7-11(20)9-21-8-10-3-4-10;/h10-11,20H,2-9H2,1H3,(H2,17,18,19);1H. The minimum absolute atomic E-state index is 0. The number of aliphatic imine (C=N–C) groups is 1. The highest BCUT2D eigenvalue weighted by molar-refractivity contribution is 14.0. The Bertz CT molecular complexity index is 326. The fraction of sp³-hybridized carbons (Fsp3) is 0.923. The molecule has 0 amide bonds. The van der Waals surface area contributed by atoms with Crippen LogP contribution in [0.3, 0.4) is 0 Å². The molecule has 0 aromatic carbocycles. The van der Waals surface area contributed by atoms with E-state index in [0.29, 0.717) is 19.1 Å². The Morgan fingerprint density at radius 2 is 2.05 bits per heavy atom. The van der Waals surface area contributed by atoms with Crippen molar-refractivity contribution in [2.24, 2.45) is 10.9 Å². The predicted molar refractivity (Wildman–Crippen MR) is 89.6 cm³/mol. The van der Waals surface area contributed by atoms with Gasteiger partial charge in [-0.25, -0.2) is 0 Å². The number of aliphatic hydroxyl groups is 1. The van der Waals surface area contributed by atoms with Crippen LogP contribution < -0.4 is 10.6 Å². The summed E-state index contributed by atoms with van der Waals surface area (Å²) >= 11 is 0. The van der Waals surface area contributed by atoms with Gasteiger partial charge in [0.1, 0.15) is 0 Å². The molecule has 1 fully saturated rings. The van der Waals surface area contributed by atoms with E-state index in [1.54, 1.807) is 0 Å². The van der Waals surface area contributed by atoms with Crippen molar-refractivity contribution in [3.63, 3.8) is 0 Å². The number of hydrogen-bond acceptors (Lipinski definition) is 3. The fourth-order valence-corrected chi connectivity index (χ4v) is 1.57. The average molecular weight is 439 g/mol. The maximum absolute atomic E-state index is 12.1. The van der Waals surface area contributed by atoms with E-state index in [2.05, 4.69) is 15.6 Å². The van der Waals surface area contributed by atoms with Gasteiger partial charge in [-0.2, -0.15) is 13.2 Å². The van der Waals surface area contributed by atoms with E-state index < -0.39 is 18.7 Å². The van der Waals surface area contributed by atoms with Crippen LogP contribution in [0, 0.1) is 5.92 Å². The van der Waals surface area contributed by atoms with Crippen LogP contribution in [0.4, 0.5) is 13.2 Å². The third kappa shape index (κ3) is 12.3. The van der Waals surface area contributed by atoms with Gasteiger partial charge in [-0.15, -0.1) is 24.0 Å². The summed E-state index contributed by atoms with van der Waals surface area (Å²) in [5.41, 5.74) is 0. The van der Waals surface area contributed by atoms with Crippen molar-refractivity contribution >= 4 is 29.9 Å². The van der Waals surface area contributed by atoms with Crippen LogP contribution in [0.15, 0.2) is 4.99 Å². The lowest BCUT2D eigenvalue weighted by Gasteiger charge is -2.14. The predicted octanol–water partition coefficient (Wildman–Crippen LogP) is 1.90. The summed E-state index contributed by atoms with van der Waals surface area (Å²) < 4.78 is 41.5. The number of aliphatic hydroxyl groups excluding tert-OH is 1. The molecule has 1 aliphatic carbocycles. The van der Waals surface area contributed by atoms with E-state index in [-0.39, 0.29) is 49.6 Å². The lowest BCUT2D eigenvalue weighted by atomic mass is 10.4. The summed E-state index contributed by atoms with van der Waals surface area (Å²) in [4.78, 5) is 4.04. The largest absolute Gasteiger partial charge is 0.390 e. The van der Waals surface area contributed by atoms with Crippen LogP contribution in [0.25, 0.3) is 0 Å². The summed E-state index contributed by atoms with van der Waals surface area (Å²) in [6.07, 6.45) is -3.50. The van der Waals surface area contributed by atoms with Crippen molar-refractivity contribution in [1.29, 1.82) is 0 Å². The minimum atomic E-state index is -4.19. The molecule has 0 saturated heterocycles. The first kappa shape index (κ1) is 21.7. The summed E-state index contributed by atoms with van der Waals surface area (Å²) in [6, 6.07) is 0. The molecule has 1 saturated carbocycles. The van der Waals surface area contributed by atoms with Gasteiger partial charge in [0.25, 0.3) is 0 Å². The van der Waals surface area contributed by atoms with Crippen molar-refractivity contribution in [3.05, 3.63) is 0 Å². The Morgan fingerprint density at radius 1 is 1.36 bits per heavy atom. The summed E-state index contributed by atoms with van der Waals surface area (Å²) in [5.74, 6) is 0.894. The topological polar surface area (TPSA) is 65.9 Å². The molecule has 0 aromatic heterocycles. The number of guanidine groups is 1. The number of hydrogen-bond donors (Lipinski definition) is 3. The third-order valence-corrected chi connectivity index (χ3v) is 2.87. The highest BCUT2D eigenvalue weighted by Gasteiger charge is 2.26. The van der Waals surface area contributed by atoms with Gasteiger partial charge in [-0.3, -0.25) is 4.99 Å². The zero-order valence-electron chi connectivity index (χ0n) is 12.7. The van der Waals surface area contributed by atoms with Crippen LogP contribution in [-0.4, -0.2) is 56.2 Å². The van der Waals surface area contributed by atoms with Gasteiger partial charge >= 0.3 is 6.18 Å². The molecule has 0 aliphatic heterocycles. The number of nitrogens with one attached hydrogen (secondary N) is 2. The molecule has 0 aromatic rings. The molecule has 0 heterocycles. The average Bonchev–Trinajstić information content (AvgIpc) is 3.18. The Kier molecular flexibility index (Phi) is 11.1. The van der Waals surface area contributed by atoms with Gasteiger partial charge in [0.05, 0.1) is 25.7 Å².